The summed E-state index contributed by atoms with van der Waals surface area (Å²) in [5, 5.41) is 9.41. The first-order chi connectivity index (χ1) is 18.1. The Morgan fingerprint density at radius 3 is 1.86 bits per heavy atom. The van der Waals surface area contributed by atoms with Crippen LogP contribution in [0.2, 0.25) is 0 Å². The van der Waals surface area contributed by atoms with E-state index in [0.717, 1.165) is 38.9 Å². The molecule has 1 aliphatic carbocycles. The number of carbonyl (C=O) groups excluding carboxylic acids is 1. The van der Waals surface area contributed by atoms with E-state index in [2.05, 4.69) is 24.3 Å². The molecule has 0 aromatic heterocycles. The molecule has 0 bridgehead atoms. The van der Waals surface area contributed by atoms with Gasteiger partial charge in [0.05, 0.1) is 0 Å². The fraction of sp³-hybridized carbons (Fsp3) is 0.125. The summed E-state index contributed by atoms with van der Waals surface area (Å²) in [5.41, 5.74) is 7.45. The lowest BCUT2D eigenvalue weighted by Crippen LogP contribution is -2.36. The fourth-order valence-corrected chi connectivity index (χ4v) is 4.74. The molecular formula is C32H27NO4. The number of fused-ring (bicyclic) bond motifs is 3. The third kappa shape index (κ3) is 5.62. The molecule has 0 spiro atoms. The third-order valence-electron chi connectivity index (χ3n) is 6.54. The highest BCUT2D eigenvalue weighted by atomic mass is 16.6. The maximum atomic E-state index is 13.0. The summed E-state index contributed by atoms with van der Waals surface area (Å²) in [5.74, 6) is -1.17. The Bertz CT molecular complexity index is 1380. The number of aliphatic carboxylic acids is 1. The first-order valence-corrected chi connectivity index (χ1v) is 12.2. The van der Waals surface area contributed by atoms with Crippen molar-refractivity contribution < 1.29 is 19.4 Å². The maximum absolute atomic E-state index is 13.0. The summed E-state index contributed by atoms with van der Waals surface area (Å²) in [4.78, 5) is 25.8. The predicted molar refractivity (Wildman–Crippen MR) is 145 cm³/mol. The first kappa shape index (κ1) is 24.1. The second-order valence-corrected chi connectivity index (χ2v) is 9.04. The van der Waals surface area contributed by atoms with E-state index in [9.17, 15) is 14.7 Å². The minimum absolute atomic E-state index is 0.0845. The van der Waals surface area contributed by atoms with Crippen LogP contribution in [0.3, 0.4) is 0 Å². The van der Waals surface area contributed by atoms with Crippen LogP contribution >= 0.6 is 0 Å². The summed E-state index contributed by atoms with van der Waals surface area (Å²) in [7, 11) is 0. The van der Waals surface area contributed by atoms with Crippen LogP contribution in [0.15, 0.2) is 103 Å². The molecule has 4 aromatic carbocycles. The van der Waals surface area contributed by atoms with E-state index in [4.69, 9.17) is 4.74 Å². The number of carboxylic acid groups (broad SMARTS) is 1. The Balaban J connectivity index is 1.26. The smallest absolute Gasteiger partial charge is 0.410 e. The van der Waals surface area contributed by atoms with Crippen LogP contribution in [0.1, 0.15) is 33.7 Å². The molecule has 0 fully saturated rings. The predicted octanol–water partition coefficient (Wildman–Crippen LogP) is 6.69. The van der Waals surface area contributed by atoms with Crippen molar-refractivity contribution in [2.45, 2.75) is 12.5 Å². The van der Waals surface area contributed by atoms with Crippen LogP contribution < -0.4 is 0 Å². The summed E-state index contributed by atoms with van der Waals surface area (Å²) in [6.45, 7) is -0.149. The molecule has 0 saturated heterocycles. The van der Waals surface area contributed by atoms with Crippen LogP contribution in [0.4, 0.5) is 4.79 Å². The third-order valence-corrected chi connectivity index (χ3v) is 6.54. The summed E-state index contributed by atoms with van der Waals surface area (Å²) < 4.78 is 5.70. The number of hydrogen-bond donors (Lipinski definition) is 1. The average Bonchev–Trinajstić information content (AvgIpc) is 3.25. The van der Waals surface area contributed by atoms with Crippen LogP contribution in [-0.2, 0) is 16.1 Å². The van der Waals surface area contributed by atoms with Crippen molar-refractivity contribution in [1.29, 1.82) is 0 Å². The second kappa shape index (κ2) is 11.0. The van der Waals surface area contributed by atoms with Crippen molar-refractivity contribution in [3.63, 3.8) is 0 Å². The molecule has 0 saturated carbocycles. The van der Waals surface area contributed by atoms with Gasteiger partial charge in [0.2, 0.25) is 0 Å². The highest BCUT2D eigenvalue weighted by Crippen LogP contribution is 2.44. The number of amides is 1. The van der Waals surface area contributed by atoms with Crippen LogP contribution in [0, 0.1) is 0 Å². The van der Waals surface area contributed by atoms with Gasteiger partial charge in [-0.2, -0.15) is 0 Å². The van der Waals surface area contributed by atoms with Crippen molar-refractivity contribution in [2.24, 2.45) is 0 Å². The van der Waals surface area contributed by atoms with Gasteiger partial charge in [-0.05, 0) is 38.9 Å². The molecule has 0 atom stereocenters. The topological polar surface area (TPSA) is 66.8 Å². The molecular weight excluding hydrogens is 462 g/mol. The Kier molecular flexibility index (Phi) is 7.13. The Morgan fingerprint density at radius 1 is 0.730 bits per heavy atom. The molecule has 5 heteroatoms. The van der Waals surface area contributed by atoms with Gasteiger partial charge in [0.1, 0.15) is 13.2 Å². The molecule has 37 heavy (non-hydrogen) atoms. The van der Waals surface area contributed by atoms with Gasteiger partial charge in [-0.25, -0.2) is 4.79 Å². The van der Waals surface area contributed by atoms with E-state index in [1.54, 1.807) is 0 Å². The number of nitrogens with zero attached hydrogens (tertiary/aromatic N) is 1. The van der Waals surface area contributed by atoms with Crippen molar-refractivity contribution in [2.75, 3.05) is 13.2 Å². The van der Waals surface area contributed by atoms with Crippen molar-refractivity contribution in [3.05, 3.63) is 131 Å². The lowest BCUT2D eigenvalue weighted by atomic mass is 9.98. The van der Waals surface area contributed by atoms with E-state index in [1.807, 2.05) is 91.0 Å². The molecule has 0 heterocycles. The zero-order chi connectivity index (χ0) is 25.6. The van der Waals surface area contributed by atoms with Gasteiger partial charge in [-0.15, -0.1) is 0 Å². The molecule has 1 aliphatic rings. The monoisotopic (exact) mass is 489 g/mol. The van der Waals surface area contributed by atoms with Gasteiger partial charge in [0.25, 0.3) is 0 Å². The van der Waals surface area contributed by atoms with Gasteiger partial charge in [0.15, 0.2) is 0 Å². The normalized spacial score (nSPS) is 12.2. The number of carboxylic acids is 1. The fourth-order valence-electron chi connectivity index (χ4n) is 4.74. The number of rotatable bonds is 8. The molecule has 0 aliphatic heterocycles. The number of ether oxygens (including phenoxy) is 1. The minimum atomic E-state index is -1.09. The SMILES string of the molecule is O=C(O)CN(Cc1ccc(/C=C/c2ccccc2)cc1)C(=O)OCC1c2ccccc2-c2ccccc21. The van der Waals surface area contributed by atoms with Crippen LogP contribution in [0.5, 0.6) is 0 Å². The quantitative estimate of drug-likeness (QED) is 0.280. The van der Waals surface area contributed by atoms with Gasteiger partial charge >= 0.3 is 12.1 Å². The van der Waals surface area contributed by atoms with E-state index in [0.29, 0.717) is 0 Å². The Labute approximate surface area is 216 Å². The molecule has 0 unspecified atom stereocenters. The van der Waals surface area contributed by atoms with E-state index < -0.39 is 18.6 Å². The lowest BCUT2D eigenvalue weighted by Gasteiger charge is -2.22. The Morgan fingerprint density at radius 2 is 1.27 bits per heavy atom. The van der Waals surface area contributed by atoms with Crippen LogP contribution in [0.25, 0.3) is 23.3 Å². The standard InChI is InChI=1S/C32H27NO4/c34-31(35)21-33(20-25-18-16-24(17-19-25)15-14-23-8-2-1-3-9-23)32(36)37-22-30-28-12-6-4-10-26(28)27-11-5-7-13-29(27)30/h1-19,30H,20-22H2,(H,34,35)/b15-14+. The molecule has 184 valence electrons. The highest BCUT2D eigenvalue weighted by Gasteiger charge is 2.30. The van der Waals surface area contributed by atoms with E-state index >= 15 is 0 Å². The summed E-state index contributed by atoms with van der Waals surface area (Å²) in [6, 6.07) is 33.9. The van der Waals surface area contributed by atoms with Crippen LogP contribution in [-0.4, -0.2) is 35.2 Å². The van der Waals surface area contributed by atoms with E-state index in [-0.39, 0.29) is 19.1 Å². The maximum Gasteiger partial charge on any atom is 0.410 e. The zero-order valence-corrected chi connectivity index (χ0v) is 20.3. The van der Waals surface area contributed by atoms with Gasteiger partial charge in [-0.1, -0.05) is 115 Å². The molecule has 0 radical (unpaired) electrons. The summed E-state index contributed by atoms with van der Waals surface area (Å²) >= 11 is 0. The average molecular weight is 490 g/mol. The van der Waals surface area contributed by atoms with Crippen molar-refractivity contribution in [1.82, 2.24) is 4.90 Å². The molecule has 1 amide bonds. The van der Waals surface area contributed by atoms with Gasteiger partial charge in [0, 0.05) is 12.5 Å². The van der Waals surface area contributed by atoms with Crippen molar-refractivity contribution >= 4 is 24.2 Å². The summed E-state index contributed by atoms with van der Waals surface area (Å²) in [6.07, 6.45) is 3.40. The second-order valence-electron chi connectivity index (χ2n) is 9.04. The molecule has 5 rings (SSSR count). The van der Waals surface area contributed by atoms with Gasteiger partial charge < -0.3 is 9.84 Å². The Hall–Kier alpha value is -4.64. The minimum Gasteiger partial charge on any atom is -0.480 e. The number of carbonyl (C=O) groups is 2. The molecule has 5 nitrogen and oxygen atoms in total. The lowest BCUT2D eigenvalue weighted by molar-refractivity contribution is -0.138. The molecule has 1 N–H and O–H groups in total. The number of hydrogen-bond acceptors (Lipinski definition) is 3. The first-order valence-electron chi connectivity index (χ1n) is 12.2. The van der Waals surface area contributed by atoms with E-state index in [1.165, 1.54) is 4.90 Å². The zero-order valence-electron chi connectivity index (χ0n) is 20.3. The highest BCUT2D eigenvalue weighted by molar-refractivity contribution is 5.80. The largest absolute Gasteiger partial charge is 0.480 e. The van der Waals surface area contributed by atoms with Crippen molar-refractivity contribution in [3.8, 4) is 11.1 Å². The molecule has 4 aromatic rings. The number of benzene rings is 4. The van der Waals surface area contributed by atoms with Gasteiger partial charge in [-0.3, -0.25) is 9.69 Å².